The van der Waals surface area contributed by atoms with Gasteiger partial charge in [0.15, 0.2) is 0 Å². The smallest absolute Gasteiger partial charge is 0.237 e. The Hall–Kier alpha value is -2.24. The molecule has 1 rings (SSSR count). The lowest BCUT2D eigenvalue weighted by molar-refractivity contribution is -0.134. The molecule has 0 saturated carbocycles. The van der Waals surface area contributed by atoms with Crippen LogP contribution >= 0.6 is 0 Å². The van der Waals surface area contributed by atoms with Gasteiger partial charge in [-0.1, -0.05) is 0 Å². The van der Waals surface area contributed by atoms with Crippen molar-refractivity contribution in [2.24, 2.45) is 5.73 Å². The molecule has 0 aliphatic heterocycles. The molecule has 0 unspecified atom stereocenters. The third kappa shape index (κ3) is 4.73. The van der Waals surface area contributed by atoms with Crippen molar-refractivity contribution in [3.63, 3.8) is 0 Å². The molecule has 98 valence electrons. The van der Waals surface area contributed by atoms with Crippen molar-refractivity contribution in [2.45, 2.75) is 6.42 Å². The predicted octanol–water partition coefficient (Wildman–Crippen LogP) is -0.0186. The fourth-order valence-electron chi connectivity index (χ4n) is 1.33. The second kappa shape index (κ2) is 6.48. The molecule has 0 aliphatic rings. The number of benzene rings is 1. The lowest BCUT2D eigenvalue weighted by atomic mass is 10.3. The van der Waals surface area contributed by atoms with E-state index in [4.69, 9.17) is 16.2 Å². The van der Waals surface area contributed by atoms with Crippen molar-refractivity contribution in [3.8, 4) is 5.75 Å². The second-order valence-electron chi connectivity index (χ2n) is 3.88. The minimum Gasteiger partial charge on any atom is -0.493 e. The van der Waals surface area contributed by atoms with E-state index in [1.165, 1.54) is 11.9 Å². The van der Waals surface area contributed by atoms with E-state index < -0.39 is 5.91 Å². The summed E-state index contributed by atoms with van der Waals surface area (Å²) in [7, 11) is 1.52. The number of rotatable bonds is 6. The van der Waals surface area contributed by atoms with Gasteiger partial charge in [0.1, 0.15) is 5.75 Å². The van der Waals surface area contributed by atoms with Crippen LogP contribution in [0.15, 0.2) is 24.3 Å². The highest BCUT2D eigenvalue weighted by molar-refractivity contribution is 5.83. The molecule has 0 atom stereocenters. The third-order valence-electron chi connectivity index (χ3n) is 2.28. The van der Waals surface area contributed by atoms with E-state index in [9.17, 15) is 9.59 Å². The highest BCUT2D eigenvalue weighted by Gasteiger charge is 2.10. The SMILES string of the molecule is CN(CC(N)=O)C(=O)CCOc1ccc(N)cc1. The van der Waals surface area contributed by atoms with Crippen LogP contribution in [0.5, 0.6) is 5.75 Å². The van der Waals surface area contributed by atoms with Gasteiger partial charge >= 0.3 is 0 Å². The maximum Gasteiger partial charge on any atom is 0.237 e. The Labute approximate surface area is 105 Å². The summed E-state index contributed by atoms with van der Waals surface area (Å²) in [6.45, 7) is 0.159. The lowest BCUT2D eigenvalue weighted by Gasteiger charge is -2.15. The highest BCUT2D eigenvalue weighted by atomic mass is 16.5. The normalized spacial score (nSPS) is 9.83. The van der Waals surface area contributed by atoms with Gasteiger partial charge in [0.25, 0.3) is 0 Å². The summed E-state index contributed by atoms with van der Waals surface area (Å²) in [5.74, 6) is -0.0795. The van der Waals surface area contributed by atoms with E-state index in [1.54, 1.807) is 24.3 Å². The Bertz CT molecular complexity index is 417. The van der Waals surface area contributed by atoms with E-state index >= 15 is 0 Å². The molecule has 0 heterocycles. The van der Waals surface area contributed by atoms with Gasteiger partial charge in [-0.05, 0) is 24.3 Å². The minimum absolute atomic E-state index is 0.0826. The van der Waals surface area contributed by atoms with Crippen molar-refractivity contribution in [2.75, 3.05) is 25.9 Å². The summed E-state index contributed by atoms with van der Waals surface area (Å²) < 4.78 is 5.37. The highest BCUT2D eigenvalue weighted by Crippen LogP contribution is 2.13. The topological polar surface area (TPSA) is 98.6 Å². The van der Waals surface area contributed by atoms with E-state index in [2.05, 4.69) is 0 Å². The molecule has 2 amide bonds. The Morgan fingerprint density at radius 3 is 2.44 bits per heavy atom. The molecule has 1 aromatic carbocycles. The second-order valence-corrected chi connectivity index (χ2v) is 3.88. The van der Waals surface area contributed by atoms with Gasteiger partial charge in [-0.15, -0.1) is 0 Å². The van der Waals surface area contributed by atoms with Gasteiger partial charge in [-0.3, -0.25) is 9.59 Å². The monoisotopic (exact) mass is 251 g/mol. The van der Waals surface area contributed by atoms with Crippen LogP contribution in [0.1, 0.15) is 6.42 Å². The molecule has 0 radical (unpaired) electrons. The number of nitrogens with zero attached hydrogens (tertiary/aromatic N) is 1. The van der Waals surface area contributed by atoms with Crippen LogP contribution in [0.4, 0.5) is 5.69 Å². The molecule has 0 saturated heterocycles. The number of anilines is 1. The largest absolute Gasteiger partial charge is 0.493 e. The number of ether oxygens (including phenoxy) is 1. The molecule has 0 fully saturated rings. The molecule has 0 aliphatic carbocycles. The molecule has 0 spiro atoms. The maximum absolute atomic E-state index is 11.5. The standard InChI is InChI=1S/C12H17N3O3/c1-15(8-11(14)16)12(17)6-7-18-10-4-2-9(13)3-5-10/h2-5H,6-8,13H2,1H3,(H2,14,16). The number of amides is 2. The Balaban J connectivity index is 2.31. The van der Waals surface area contributed by atoms with Gasteiger partial charge in [-0.2, -0.15) is 0 Å². The lowest BCUT2D eigenvalue weighted by Crippen LogP contribution is -2.35. The summed E-state index contributed by atoms with van der Waals surface area (Å²) >= 11 is 0. The van der Waals surface area contributed by atoms with Crippen LogP contribution in [0, 0.1) is 0 Å². The summed E-state index contributed by atoms with van der Waals surface area (Å²) in [5, 5.41) is 0. The zero-order chi connectivity index (χ0) is 13.5. The van der Waals surface area contributed by atoms with Crippen LogP contribution in [-0.4, -0.2) is 36.9 Å². The number of carbonyl (C=O) groups is 2. The molecule has 6 heteroatoms. The van der Waals surface area contributed by atoms with Crippen molar-refractivity contribution in [3.05, 3.63) is 24.3 Å². The number of hydrogen-bond acceptors (Lipinski definition) is 4. The van der Waals surface area contributed by atoms with Gasteiger partial charge in [-0.25, -0.2) is 0 Å². The van der Waals surface area contributed by atoms with Crippen LogP contribution in [-0.2, 0) is 9.59 Å². The average Bonchev–Trinajstić information content (AvgIpc) is 2.30. The van der Waals surface area contributed by atoms with E-state index in [0.29, 0.717) is 11.4 Å². The number of hydrogen-bond donors (Lipinski definition) is 2. The molecule has 0 aromatic heterocycles. The van der Waals surface area contributed by atoms with E-state index in [0.717, 1.165) is 0 Å². The number of nitrogens with two attached hydrogens (primary N) is 2. The zero-order valence-corrected chi connectivity index (χ0v) is 10.3. The van der Waals surface area contributed by atoms with Crippen molar-refractivity contribution < 1.29 is 14.3 Å². The average molecular weight is 251 g/mol. The molecule has 4 N–H and O–H groups in total. The number of nitrogen functional groups attached to an aromatic ring is 1. The summed E-state index contributed by atoms with van der Waals surface area (Å²) in [4.78, 5) is 23.4. The summed E-state index contributed by atoms with van der Waals surface area (Å²) in [6, 6.07) is 6.90. The van der Waals surface area contributed by atoms with E-state index in [-0.39, 0.29) is 25.5 Å². The number of likely N-dealkylation sites (N-methyl/N-ethyl adjacent to an activating group) is 1. The first kappa shape index (κ1) is 13.8. The number of carbonyl (C=O) groups excluding carboxylic acids is 2. The number of primary amides is 1. The fourth-order valence-corrected chi connectivity index (χ4v) is 1.33. The van der Waals surface area contributed by atoms with Crippen LogP contribution in [0.25, 0.3) is 0 Å². The molecule has 0 bridgehead atoms. The van der Waals surface area contributed by atoms with Gasteiger partial charge < -0.3 is 21.1 Å². The first-order valence-electron chi connectivity index (χ1n) is 5.49. The van der Waals surface area contributed by atoms with Crippen LogP contribution in [0.2, 0.25) is 0 Å². The minimum atomic E-state index is -0.537. The quantitative estimate of drug-likeness (QED) is 0.694. The van der Waals surface area contributed by atoms with Gasteiger partial charge in [0.05, 0.1) is 19.6 Å². The van der Waals surface area contributed by atoms with Gasteiger partial charge in [0.2, 0.25) is 11.8 Å². The maximum atomic E-state index is 11.5. The van der Waals surface area contributed by atoms with Crippen molar-refractivity contribution >= 4 is 17.5 Å². The van der Waals surface area contributed by atoms with Crippen molar-refractivity contribution in [1.29, 1.82) is 0 Å². The Morgan fingerprint density at radius 1 is 1.28 bits per heavy atom. The summed E-state index contributed by atoms with van der Waals surface area (Å²) in [6.07, 6.45) is 0.189. The van der Waals surface area contributed by atoms with Crippen molar-refractivity contribution in [1.82, 2.24) is 4.90 Å². The molecule has 18 heavy (non-hydrogen) atoms. The molecular formula is C12H17N3O3. The first-order chi connectivity index (χ1) is 8.49. The van der Waals surface area contributed by atoms with Crippen LogP contribution in [0.3, 0.4) is 0 Å². The first-order valence-corrected chi connectivity index (χ1v) is 5.49. The zero-order valence-electron chi connectivity index (χ0n) is 10.3. The molecule has 1 aromatic rings. The van der Waals surface area contributed by atoms with Crippen LogP contribution < -0.4 is 16.2 Å². The fraction of sp³-hybridized carbons (Fsp3) is 0.333. The van der Waals surface area contributed by atoms with Gasteiger partial charge in [0, 0.05) is 12.7 Å². The molecule has 6 nitrogen and oxygen atoms in total. The Morgan fingerprint density at radius 2 is 1.89 bits per heavy atom. The third-order valence-corrected chi connectivity index (χ3v) is 2.28. The Kier molecular flexibility index (Phi) is 4.98. The molecular weight excluding hydrogens is 234 g/mol. The van der Waals surface area contributed by atoms with E-state index in [1.807, 2.05) is 0 Å². The predicted molar refractivity (Wildman–Crippen MR) is 67.8 cm³/mol. The summed E-state index contributed by atoms with van der Waals surface area (Å²) in [5.41, 5.74) is 11.2.